The van der Waals surface area contributed by atoms with Gasteiger partial charge in [0.25, 0.3) is 0 Å². The Kier molecular flexibility index (Phi) is 4.96. The van der Waals surface area contributed by atoms with Crippen LogP contribution in [0.25, 0.3) is 6.08 Å². The van der Waals surface area contributed by atoms with Crippen LogP contribution in [0, 0.1) is 0 Å². The molecule has 0 atom stereocenters. The average Bonchev–Trinajstić information content (AvgIpc) is 2.33. The van der Waals surface area contributed by atoms with Crippen LogP contribution in [0.3, 0.4) is 0 Å². The molecule has 0 bridgehead atoms. The van der Waals surface area contributed by atoms with Crippen LogP contribution < -0.4 is 0 Å². The van der Waals surface area contributed by atoms with Crippen LogP contribution in [0.2, 0.25) is 0 Å². The van der Waals surface area contributed by atoms with Gasteiger partial charge in [0.15, 0.2) is 0 Å². The van der Waals surface area contributed by atoms with Crippen LogP contribution >= 0.6 is 0 Å². The van der Waals surface area contributed by atoms with Gasteiger partial charge in [0.2, 0.25) is 0 Å². The van der Waals surface area contributed by atoms with Crippen molar-refractivity contribution < 1.29 is 23.1 Å². The van der Waals surface area contributed by atoms with Crippen LogP contribution in [0.4, 0.5) is 13.2 Å². The molecule has 0 aliphatic carbocycles. The van der Waals surface area contributed by atoms with E-state index in [0.29, 0.717) is 5.56 Å². The van der Waals surface area contributed by atoms with Crippen LogP contribution in [-0.4, -0.2) is 30.1 Å². The van der Waals surface area contributed by atoms with Crippen LogP contribution in [0.1, 0.15) is 11.1 Å². The van der Waals surface area contributed by atoms with Crippen molar-refractivity contribution >= 4 is 12.0 Å². The zero-order valence-corrected chi connectivity index (χ0v) is 11.0. The van der Waals surface area contributed by atoms with Crippen molar-refractivity contribution in [3.63, 3.8) is 0 Å². The Morgan fingerprint density at radius 3 is 2.15 bits per heavy atom. The molecule has 20 heavy (non-hydrogen) atoms. The van der Waals surface area contributed by atoms with Gasteiger partial charge in [0, 0.05) is 14.1 Å². The quantitative estimate of drug-likeness (QED) is 0.682. The predicted octanol–water partition coefficient (Wildman–Crippen LogP) is 3.25. The molecule has 6 heteroatoms. The zero-order chi connectivity index (χ0) is 15.3. The number of nitrogens with zero attached hydrogens (tertiary/aromatic N) is 1. The third-order valence-corrected chi connectivity index (χ3v) is 2.48. The minimum atomic E-state index is -4.36. The van der Waals surface area contributed by atoms with Gasteiger partial charge in [0.05, 0.1) is 5.56 Å². The minimum Gasteiger partial charge on any atom is -0.477 e. The first-order valence-corrected chi connectivity index (χ1v) is 5.68. The molecule has 1 aromatic carbocycles. The maximum Gasteiger partial charge on any atom is 0.416 e. The number of hydrogen-bond donors (Lipinski definition) is 1. The van der Waals surface area contributed by atoms with Gasteiger partial charge in [-0.25, -0.2) is 4.79 Å². The smallest absolute Gasteiger partial charge is 0.416 e. The molecule has 1 N–H and O–H groups in total. The minimum absolute atomic E-state index is 0.0770. The molecule has 0 heterocycles. The first-order valence-electron chi connectivity index (χ1n) is 5.68. The SMILES string of the molecule is CN(C)C(=CC=Cc1ccc(C(F)(F)F)cc1)C(=O)O. The molecule has 1 rings (SSSR count). The molecule has 0 aliphatic heterocycles. The van der Waals surface area contributed by atoms with Crippen molar-refractivity contribution in [3.8, 4) is 0 Å². The van der Waals surface area contributed by atoms with Crippen molar-refractivity contribution in [3.05, 3.63) is 53.2 Å². The van der Waals surface area contributed by atoms with E-state index >= 15 is 0 Å². The number of halogens is 3. The molecule has 0 radical (unpaired) electrons. The van der Waals surface area contributed by atoms with E-state index in [2.05, 4.69) is 0 Å². The van der Waals surface area contributed by atoms with E-state index in [4.69, 9.17) is 5.11 Å². The van der Waals surface area contributed by atoms with E-state index in [1.165, 1.54) is 35.3 Å². The molecular formula is C14H14F3NO2. The summed E-state index contributed by atoms with van der Waals surface area (Å²) < 4.78 is 37.1. The lowest BCUT2D eigenvalue weighted by Crippen LogP contribution is -2.18. The summed E-state index contributed by atoms with van der Waals surface area (Å²) in [4.78, 5) is 12.3. The van der Waals surface area contributed by atoms with Gasteiger partial charge >= 0.3 is 12.1 Å². The molecule has 3 nitrogen and oxygen atoms in total. The number of alkyl halides is 3. The summed E-state index contributed by atoms with van der Waals surface area (Å²) in [6.45, 7) is 0. The molecule has 0 unspecified atom stereocenters. The molecule has 108 valence electrons. The van der Waals surface area contributed by atoms with E-state index < -0.39 is 17.7 Å². The first kappa shape index (κ1) is 15.8. The highest BCUT2D eigenvalue weighted by Gasteiger charge is 2.29. The highest BCUT2D eigenvalue weighted by molar-refractivity contribution is 5.86. The third kappa shape index (κ3) is 4.46. The monoisotopic (exact) mass is 285 g/mol. The number of rotatable bonds is 4. The average molecular weight is 285 g/mol. The number of likely N-dealkylation sites (N-methyl/N-ethyl adjacent to an activating group) is 1. The Bertz CT molecular complexity index is 528. The summed E-state index contributed by atoms with van der Waals surface area (Å²) in [7, 11) is 3.18. The number of hydrogen-bond acceptors (Lipinski definition) is 2. The number of allylic oxidation sites excluding steroid dienone is 2. The fourth-order valence-corrected chi connectivity index (χ4v) is 1.45. The second-order valence-corrected chi connectivity index (χ2v) is 4.23. The molecule has 0 aliphatic rings. The Balaban J connectivity index is 2.86. The number of carbonyl (C=O) groups is 1. The normalized spacial score (nSPS) is 12.8. The summed E-state index contributed by atoms with van der Waals surface area (Å²) in [6.07, 6.45) is 0.0300. The highest BCUT2D eigenvalue weighted by atomic mass is 19.4. The number of benzene rings is 1. The number of carboxylic acid groups (broad SMARTS) is 1. The lowest BCUT2D eigenvalue weighted by molar-refractivity contribution is -0.137. The lowest BCUT2D eigenvalue weighted by Gasteiger charge is -2.11. The Labute approximate surface area is 114 Å². The van der Waals surface area contributed by atoms with Crippen molar-refractivity contribution in [1.82, 2.24) is 4.90 Å². The van der Waals surface area contributed by atoms with Gasteiger partial charge in [-0.15, -0.1) is 0 Å². The van der Waals surface area contributed by atoms with Gasteiger partial charge in [-0.05, 0) is 23.8 Å². The topological polar surface area (TPSA) is 40.5 Å². The van der Waals surface area contributed by atoms with E-state index in [-0.39, 0.29) is 5.70 Å². The van der Waals surface area contributed by atoms with E-state index in [9.17, 15) is 18.0 Å². The van der Waals surface area contributed by atoms with Gasteiger partial charge in [-0.2, -0.15) is 13.2 Å². The summed E-state index contributed by atoms with van der Waals surface area (Å²) in [6, 6.07) is 4.60. The molecular weight excluding hydrogens is 271 g/mol. The fourth-order valence-electron chi connectivity index (χ4n) is 1.45. The Morgan fingerprint density at radius 1 is 1.20 bits per heavy atom. The van der Waals surface area contributed by atoms with E-state index in [1.54, 1.807) is 14.1 Å². The molecule has 0 spiro atoms. The van der Waals surface area contributed by atoms with Crippen LogP contribution in [-0.2, 0) is 11.0 Å². The highest BCUT2D eigenvalue weighted by Crippen LogP contribution is 2.29. The van der Waals surface area contributed by atoms with Gasteiger partial charge in [0.1, 0.15) is 5.70 Å². The number of carboxylic acids is 1. The first-order chi connectivity index (χ1) is 9.21. The van der Waals surface area contributed by atoms with E-state index in [1.807, 2.05) is 0 Å². The second kappa shape index (κ2) is 6.27. The van der Waals surface area contributed by atoms with Crippen molar-refractivity contribution in [2.24, 2.45) is 0 Å². The van der Waals surface area contributed by atoms with Crippen LogP contribution in [0.5, 0.6) is 0 Å². The van der Waals surface area contributed by atoms with Gasteiger partial charge < -0.3 is 10.0 Å². The lowest BCUT2D eigenvalue weighted by atomic mass is 10.1. The Morgan fingerprint density at radius 2 is 1.75 bits per heavy atom. The summed E-state index contributed by atoms with van der Waals surface area (Å²) in [5.74, 6) is -1.08. The molecule has 0 fully saturated rings. The maximum atomic E-state index is 12.4. The standard InChI is InChI=1S/C14H14F3NO2/c1-18(2)12(13(19)20)5-3-4-10-6-8-11(9-7-10)14(15,16)17/h3-9H,1-2H3,(H,19,20). The largest absolute Gasteiger partial charge is 0.477 e. The molecule has 0 saturated heterocycles. The maximum absolute atomic E-state index is 12.4. The van der Waals surface area contributed by atoms with Crippen molar-refractivity contribution in [1.29, 1.82) is 0 Å². The third-order valence-electron chi connectivity index (χ3n) is 2.48. The van der Waals surface area contributed by atoms with Gasteiger partial charge in [-0.3, -0.25) is 0 Å². The van der Waals surface area contributed by atoms with Crippen molar-refractivity contribution in [2.45, 2.75) is 6.18 Å². The fraction of sp³-hybridized carbons (Fsp3) is 0.214. The summed E-state index contributed by atoms with van der Waals surface area (Å²) >= 11 is 0. The molecule has 1 aromatic rings. The van der Waals surface area contributed by atoms with Gasteiger partial charge in [-0.1, -0.05) is 24.3 Å². The summed E-state index contributed by atoms with van der Waals surface area (Å²) in [5.41, 5.74) is -0.0874. The molecule has 0 saturated carbocycles. The van der Waals surface area contributed by atoms with Crippen molar-refractivity contribution in [2.75, 3.05) is 14.1 Å². The molecule has 0 aromatic heterocycles. The second-order valence-electron chi connectivity index (χ2n) is 4.23. The number of aliphatic carboxylic acids is 1. The molecule has 0 amide bonds. The predicted molar refractivity (Wildman–Crippen MR) is 69.9 cm³/mol. The Hall–Kier alpha value is -2.24. The summed E-state index contributed by atoms with van der Waals surface area (Å²) in [5, 5.41) is 8.90. The van der Waals surface area contributed by atoms with Crippen LogP contribution in [0.15, 0.2) is 42.1 Å². The zero-order valence-electron chi connectivity index (χ0n) is 11.0. The van der Waals surface area contributed by atoms with E-state index in [0.717, 1.165) is 12.1 Å².